The minimum atomic E-state index is -3.75. The van der Waals surface area contributed by atoms with E-state index < -0.39 is 10.1 Å². The van der Waals surface area contributed by atoms with Gasteiger partial charge in [-0.15, -0.1) is 11.3 Å². The van der Waals surface area contributed by atoms with Crippen molar-refractivity contribution in [2.45, 2.75) is 24.7 Å². The maximum Gasteiger partial charge on any atom is 0.296 e. The van der Waals surface area contributed by atoms with E-state index in [0.717, 1.165) is 21.8 Å². The van der Waals surface area contributed by atoms with E-state index in [-0.39, 0.29) is 17.4 Å². The van der Waals surface area contributed by atoms with Crippen molar-refractivity contribution in [3.63, 3.8) is 0 Å². The van der Waals surface area contributed by atoms with Crippen molar-refractivity contribution in [2.75, 3.05) is 6.61 Å². The van der Waals surface area contributed by atoms with Crippen LogP contribution in [0.5, 0.6) is 0 Å². The molecule has 25 heavy (non-hydrogen) atoms. The molecule has 0 radical (unpaired) electrons. The Kier molecular flexibility index (Phi) is 5.32. The molecular formula is C19H19NO3S2. The Labute approximate surface area is 152 Å². The lowest BCUT2D eigenvalue weighted by Crippen LogP contribution is -2.12. The normalized spacial score (nSPS) is 12.9. The number of hydrogen-bond acceptors (Lipinski definition) is 5. The van der Waals surface area contributed by atoms with Gasteiger partial charge in [-0.05, 0) is 19.1 Å². The average molecular weight is 373 g/mol. The molecule has 0 spiro atoms. The van der Waals surface area contributed by atoms with Gasteiger partial charge in [-0.2, -0.15) is 8.42 Å². The molecule has 0 aliphatic carbocycles. The van der Waals surface area contributed by atoms with E-state index in [0.29, 0.717) is 0 Å². The summed E-state index contributed by atoms with van der Waals surface area (Å²) in [6.07, 6.45) is 0. The summed E-state index contributed by atoms with van der Waals surface area (Å²) in [5.74, 6) is -0.117. The summed E-state index contributed by atoms with van der Waals surface area (Å²) in [5, 5.41) is 2.87. The minimum Gasteiger partial charge on any atom is -0.266 e. The summed E-state index contributed by atoms with van der Waals surface area (Å²) in [5.41, 5.74) is 2.89. The number of aryl methyl sites for hydroxylation is 1. The lowest BCUT2D eigenvalue weighted by atomic mass is 10.1. The smallest absolute Gasteiger partial charge is 0.266 e. The van der Waals surface area contributed by atoms with Crippen LogP contribution in [0.25, 0.3) is 10.6 Å². The third-order valence-corrected chi connectivity index (χ3v) is 6.04. The third kappa shape index (κ3) is 4.34. The molecule has 6 heteroatoms. The predicted octanol–water partition coefficient (Wildman–Crippen LogP) is 4.63. The fourth-order valence-electron chi connectivity index (χ4n) is 2.28. The van der Waals surface area contributed by atoms with E-state index in [1.165, 1.54) is 0 Å². The molecule has 0 N–H and O–H groups in total. The van der Waals surface area contributed by atoms with Crippen molar-refractivity contribution < 1.29 is 12.6 Å². The second-order valence-corrected chi connectivity index (χ2v) is 8.37. The first-order valence-corrected chi connectivity index (χ1v) is 10.2. The van der Waals surface area contributed by atoms with Crippen molar-refractivity contribution in [3.8, 4) is 10.6 Å². The molecule has 0 saturated heterocycles. The summed E-state index contributed by atoms with van der Waals surface area (Å²) in [4.78, 5) is 4.78. The molecule has 3 rings (SSSR count). The highest BCUT2D eigenvalue weighted by Crippen LogP contribution is 2.27. The Bertz CT molecular complexity index is 932. The van der Waals surface area contributed by atoms with Crippen LogP contribution in [0, 0.1) is 6.92 Å². The first-order valence-electron chi connectivity index (χ1n) is 7.92. The SMILES string of the molecule is Cc1ccc(S(=O)(=O)OC[C@H](C)c2csc(-c3ccccc3)n2)cc1. The van der Waals surface area contributed by atoms with Gasteiger partial charge in [0.1, 0.15) is 5.01 Å². The van der Waals surface area contributed by atoms with Gasteiger partial charge in [-0.25, -0.2) is 4.98 Å². The lowest BCUT2D eigenvalue weighted by molar-refractivity contribution is 0.297. The molecule has 130 valence electrons. The second kappa shape index (κ2) is 7.47. The van der Waals surface area contributed by atoms with E-state index in [1.54, 1.807) is 35.6 Å². The van der Waals surface area contributed by atoms with Gasteiger partial charge in [0.15, 0.2) is 0 Å². The number of rotatable bonds is 6. The topological polar surface area (TPSA) is 56.3 Å². The minimum absolute atomic E-state index is 0.0637. The maximum atomic E-state index is 12.3. The summed E-state index contributed by atoms with van der Waals surface area (Å²) in [7, 11) is -3.75. The maximum absolute atomic E-state index is 12.3. The zero-order valence-electron chi connectivity index (χ0n) is 14.0. The molecule has 0 bridgehead atoms. The Morgan fingerprint density at radius 3 is 2.44 bits per heavy atom. The quantitative estimate of drug-likeness (QED) is 0.591. The van der Waals surface area contributed by atoms with Crippen molar-refractivity contribution in [3.05, 3.63) is 71.2 Å². The second-order valence-electron chi connectivity index (χ2n) is 5.90. The van der Waals surface area contributed by atoms with Gasteiger partial charge in [0, 0.05) is 16.9 Å². The molecule has 0 unspecified atom stereocenters. The highest BCUT2D eigenvalue weighted by atomic mass is 32.2. The van der Waals surface area contributed by atoms with E-state index >= 15 is 0 Å². The predicted molar refractivity (Wildman–Crippen MR) is 100 cm³/mol. The third-order valence-electron chi connectivity index (χ3n) is 3.83. The molecular weight excluding hydrogens is 354 g/mol. The van der Waals surface area contributed by atoms with Crippen LogP contribution >= 0.6 is 11.3 Å². The van der Waals surface area contributed by atoms with Gasteiger partial charge < -0.3 is 0 Å². The van der Waals surface area contributed by atoms with Gasteiger partial charge in [0.05, 0.1) is 17.2 Å². The summed E-state index contributed by atoms with van der Waals surface area (Å²) < 4.78 is 29.8. The van der Waals surface area contributed by atoms with Crippen LogP contribution in [0.15, 0.2) is 64.9 Å². The molecule has 0 amide bonds. The van der Waals surface area contributed by atoms with Crippen LogP contribution in [-0.2, 0) is 14.3 Å². The van der Waals surface area contributed by atoms with Gasteiger partial charge in [-0.3, -0.25) is 4.18 Å². The molecule has 4 nitrogen and oxygen atoms in total. The molecule has 1 aromatic heterocycles. The summed E-state index contributed by atoms with van der Waals surface area (Å²) in [6.45, 7) is 3.88. The van der Waals surface area contributed by atoms with E-state index in [9.17, 15) is 8.42 Å². The van der Waals surface area contributed by atoms with Crippen LogP contribution in [-0.4, -0.2) is 20.0 Å². The van der Waals surface area contributed by atoms with Crippen molar-refractivity contribution in [1.29, 1.82) is 0 Å². The standard InChI is InChI=1S/C19H19NO3S2/c1-14-8-10-17(11-9-14)25(21,22)23-12-15(2)18-13-24-19(20-18)16-6-4-3-5-7-16/h3-11,13,15H,12H2,1-2H3/t15-/m0/s1. The lowest BCUT2D eigenvalue weighted by Gasteiger charge is -2.10. The number of aromatic nitrogens is 1. The van der Waals surface area contributed by atoms with Gasteiger partial charge in [-0.1, -0.05) is 55.0 Å². The van der Waals surface area contributed by atoms with Crippen LogP contribution in [0.3, 0.4) is 0 Å². The molecule has 0 saturated carbocycles. The molecule has 2 aromatic carbocycles. The molecule has 1 atom stereocenters. The fourth-order valence-corrected chi connectivity index (χ4v) is 4.21. The summed E-state index contributed by atoms with van der Waals surface area (Å²) in [6, 6.07) is 16.5. The Balaban J connectivity index is 1.67. The fraction of sp³-hybridized carbons (Fsp3) is 0.211. The van der Waals surface area contributed by atoms with Crippen LogP contribution in [0.1, 0.15) is 24.1 Å². The van der Waals surface area contributed by atoms with Gasteiger partial charge >= 0.3 is 0 Å². The first-order chi connectivity index (χ1) is 12.0. The van der Waals surface area contributed by atoms with Gasteiger partial charge in [0.25, 0.3) is 10.1 Å². The average Bonchev–Trinajstić information content (AvgIpc) is 3.11. The molecule has 3 aromatic rings. The van der Waals surface area contributed by atoms with E-state index in [2.05, 4.69) is 4.98 Å². The summed E-state index contributed by atoms with van der Waals surface area (Å²) >= 11 is 1.55. The number of hydrogen-bond donors (Lipinski definition) is 0. The van der Waals surface area contributed by atoms with Crippen molar-refractivity contribution in [2.24, 2.45) is 0 Å². The van der Waals surface area contributed by atoms with Crippen LogP contribution in [0.4, 0.5) is 0 Å². The Morgan fingerprint density at radius 1 is 1.08 bits per heavy atom. The largest absolute Gasteiger partial charge is 0.296 e. The Morgan fingerprint density at radius 2 is 1.76 bits per heavy atom. The zero-order chi connectivity index (χ0) is 17.9. The monoisotopic (exact) mass is 373 g/mol. The number of nitrogens with zero attached hydrogens (tertiary/aromatic N) is 1. The van der Waals surface area contributed by atoms with Gasteiger partial charge in [0.2, 0.25) is 0 Å². The molecule has 0 fully saturated rings. The number of benzene rings is 2. The van der Waals surface area contributed by atoms with E-state index in [4.69, 9.17) is 4.18 Å². The van der Waals surface area contributed by atoms with Crippen molar-refractivity contribution >= 4 is 21.5 Å². The molecule has 0 aliphatic rings. The van der Waals surface area contributed by atoms with Crippen molar-refractivity contribution in [1.82, 2.24) is 4.98 Å². The first kappa shape index (κ1) is 17.8. The highest BCUT2D eigenvalue weighted by molar-refractivity contribution is 7.86. The molecule has 0 aliphatic heterocycles. The van der Waals surface area contributed by atoms with Crippen LogP contribution in [0.2, 0.25) is 0 Å². The zero-order valence-corrected chi connectivity index (χ0v) is 15.7. The molecule has 1 heterocycles. The van der Waals surface area contributed by atoms with E-state index in [1.807, 2.05) is 49.6 Å². The number of thiazole rings is 1. The Hall–Kier alpha value is -2.02. The highest BCUT2D eigenvalue weighted by Gasteiger charge is 2.19. The van der Waals surface area contributed by atoms with Crippen LogP contribution < -0.4 is 0 Å².